The van der Waals surface area contributed by atoms with Crippen LogP contribution in [0.15, 0.2) is 29.3 Å². The molecule has 1 aliphatic carbocycles. The van der Waals surface area contributed by atoms with E-state index in [2.05, 4.69) is 10.3 Å². The minimum atomic E-state index is -0.677. The van der Waals surface area contributed by atoms with Crippen LogP contribution in [0.5, 0.6) is 5.75 Å². The third-order valence-electron chi connectivity index (χ3n) is 6.08. The number of aliphatic imine (C=N–C) groups is 1. The molecule has 3 rings (SSSR count). The first kappa shape index (κ1) is 24.0. The predicted octanol–water partition coefficient (Wildman–Crippen LogP) is 4.99. The van der Waals surface area contributed by atoms with Crippen LogP contribution in [0.4, 0.5) is 4.79 Å². The van der Waals surface area contributed by atoms with Crippen molar-refractivity contribution in [1.29, 1.82) is 0 Å². The summed E-state index contributed by atoms with van der Waals surface area (Å²) in [7, 11) is 0. The standard InChI is InChI=1S/C25H34N2O5/c1-5-19-20(22(28)31-15-16-9-7-6-8-10-16)21(27-24(30)26-19)17-11-13-18(14-12-17)32-23(29)25(2,3)4/h11-14,16,20-21H,5-10,15H2,1-4H3,(H,27,30). The Kier molecular flexibility index (Phi) is 7.69. The number of carbonyl (C=O) groups excluding carboxylic acids is 3. The molecule has 0 bridgehead atoms. The Balaban J connectivity index is 1.76. The molecule has 1 saturated carbocycles. The summed E-state index contributed by atoms with van der Waals surface area (Å²) in [5.74, 6) is -0.547. The number of carbonyl (C=O) groups is 3. The highest BCUT2D eigenvalue weighted by atomic mass is 16.5. The zero-order valence-corrected chi connectivity index (χ0v) is 19.5. The van der Waals surface area contributed by atoms with Crippen molar-refractivity contribution in [3.05, 3.63) is 29.8 Å². The molecule has 0 aromatic heterocycles. The van der Waals surface area contributed by atoms with Gasteiger partial charge in [0.15, 0.2) is 0 Å². The Hall–Kier alpha value is -2.70. The highest BCUT2D eigenvalue weighted by Gasteiger charge is 2.39. The van der Waals surface area contributed by atoms with Crippen molar-refractivity contribution in [2.24, 2.45) is 22.2 Å². The Morgan fingerprint density at radius 1 is 1.09 bits per heavy atom. The largest absolute Gasteiger partial charge is 0.465 e. The number of nitrogens with zero attached hydrogens (tertiary/aromatic N) is 1. The molecule has 1 aromatic carbocycles. The van der Waals surface area contributed by atoms with E-state index >= 15 is 0 Å². The molecule has 1 aliphatic heterocycles. The molecule has 0 spiro atoms. The van der Waals surface area contributed by atoms with E-state index in [1.807, 2.05) is 6.92 Å². The van der Waals surface area contributed by atoms with E-state index < -0.39 is 23.4 Å². The fourth-order valence-corrected chi connectivity index (χ4v) is 4.13. The molecule has 7 nitrogen and oxygen atoms in total. The number of ether oxygens (including phenoxy) is 2. The lowest BCUT2D eigenvalue weighted by Crippen LogP contribution is -2.45. The first-order valence-electron chi connectivity index (χ1n) is 11.6. The minimum Gasteiger partial charge on any atom is -0.465 e. The van der Waals surface area contributed by atoms with Crippen molar-refractivity contribution >= 4 is 23.7 Å². The summed E-state index contributed by atoms with van der Waals surface area (Å²) >= 11 is 0. The molecular weight excluding hydrogens is 408 g/mol. The molecule has 7 heteroatoms. The lowest BCUT2D eigenvalue weighted by atomic mass is 9.86. The van der Waals surface area contributed by atoms with Gasteiger partial charge in [-0.15, -0.1) is 0 Å². The van der Waals surface area contributed by atoms with E-state index in [0.717, 1.165) is 18.4 Å². The summed E-state index contributed by atoms with van der Waals surface area (Å²) in [6.45, 7) is 7.66. The molecule has 2 unspecified atom stereocenters. The second-order valence-corrected chi connectivity index (χ2v) is 9.70. The molecule has 2 aliphatic rings. The van der Waals surface area contributed by atoms with E-state index in [9.17, 15) is 14.4 Å². The highest BCUT2D eigenvalue weighted by Crippen LogP contribution is 2.31. The molecule has 0 saturated heterocycles. The normalized spacial score (nSPS) is 22.0. The highest BCUT2D eigenvalue weighted by molar-refractivity contribution is 6.09. The zero-order valence-electron chi connectivity index (χ0n) is 19.5. The average Bonchev–Trinajstić information content (AvgIpc) is 2.77. The second kappa shape index (κ2) is 10.3. The monoisotopic (exact) mass is 442 g/mol. The number of esters is 2. The van der Waals surface area contributed by atoms with E-state index in [-0.39, 0.29) is 11.9 Å². The van der Waals surface area contributed by atoms with Gasteiger partial charge in [0, 0.05) is 5.71 Å². The smallest absolute Gasteiger partial charge is 0.341 e. The maximum atomic E-state index is 13.1. The molecular formula is C25H34N2O5. The fourth-order valence-electron chi connectivity index (χ4n) is 4.13. The summed E-state index contributed by atoms with van der Waals surface area (Å²) in [6.07, 6.45) is 6.25. The molecule has 1 aromatic rings. The van der Waals surface area contributed by atoms with Crippen molar-refractivity contribution in [3.63, 3.8) is 0 Å². The zero-order chi connectivity index (χ0) is 23.3. The minimum absolute atomic E-state index is 0.333. The molecule has 0 radical (unpaired) electrons. The quantitative estimate of drug-likeness (QED) is 0.495. The van der Waals surface area contributed by atoms with Crippen LogP contribution in [0, 0.1) is 17.3 Å². The molecule has 1 fully saturated rings. The lowest BCUT2D eigenvalue weighted by Gasteiger charge is -2.31. The summed E-state index contributed by atoms with van der Waals surface area (Å²) < 4.78 is 11.1. The topological polar surface area (TPSA) is 94.1 Å². The van der Waals surface area contributed by atoms with Crippen LogP contribution < -0.4 is 10.1 Å². The molecule has 32 heavy (non-hydrogen) atoms. The van der Waals surface area contributed by atoms with Crippen LogP contribution in [-0.4, -0.2) is 30.3 Å². The third kappa shape index (κ3) is 5.96. The molecule has 1 heterocycles. The van der Waals surface area contributed by atoms with Crippen LogP contribution in [0.3, 0.4) is 0 Å². The van der Waals surface area contributed by atoms with Crippen molar-refractivity contribution in [2.75, 3.05) is 6.61 Å². The lowest BCUT2D eigenvalue weighted by molar-refractivity contribution is -0.148. The van der Waals surface area contributed by atoms with Gasteiger partial charge in [-0.1, -0.05) is 38.3 Å². The fraction of sp³-hybridized carbons (Fsp3) is 0.600. The number of rotatable bonds is 6. The molecule has 2 atom stereocenters. The van der Waals surface area contributed by atoms with Crippen LogP contribution in [-0.2, 0) is 14.3 Å². The van der Waals surface area contributed by atoms with Crippen LogP contribution >= 0.6 is 0 Å². The second-order valence-electron chi connectivity index (χ2n) is 9.70. The van der Waals surface area contributed by atoms with Gasteiger partial charge < -0.3 is 14.8 Å². The van der Waals surface area contributed by atoms with E-state index in [1.54, 1.807) is 45.0 Å². The van der Waals surface area contributed by atoms with Gasteiger partial charge in [0.1, 0.15) is 11.7 Å². The predicted molar refractivity (Wildman–Crippen MR) is 122 cm³/mol. The van der Waals surface area contributed by atoms with Crippen LogP contribution in [0.1, 0.15) is 77.8 Å². The van der Waals surface area contributed by atoms with E-state index in [0.29, 0.717) is 30.4 Å². The van der Waals surface area contributed by atoms with Crippen molar-refractivity contribution in [1.82, 2.24) is 5.32 Å². The van der Waals surface area contributed by atoms with Crippen molar-refractivity contribution in [2.45, 2.75) is 72.3 Å². The summed E-state index contributed by atoms with van der Waals surface area (Å²) in [5, 5.41) is 2.82. The van der Waals surface area contributed by atoms with E-state index in [1.165, 1.54) is 19.3 Å². The maximum Gasteiger partial charge on any atom is 0.341 e. The Labute approximate surface area is 190 Å². The van der Waals surface area contributed by atoms with Crippen LogP contribution in [0.25, 0.3) is 0 Å². The first-order chi connectivity index (χ1) is 15.2. The molecule has 174 valence electrons. The molecule has 2 amide bonds. The number of hydrogen-bond donors (Lipinski definition) is 1. The Morgan fingerprint density at radius 3 is 2.34 bits per heavy atom. The number of benzene rings is 1. The van der Waals surface area contributed by atoms with Gasteiger partial charge in [-0.05, 0) is 63.6 Å². The Morgan fingerprint density at radius 2 is 1.75 bits per heavy atom. The van der Waals surface area contributed by atoms with Gasteiger partial charge >= 0.3 is 18.0 Å². The van der Waals surface area contributed by atoms with Gasteiger partial charge in [0.05, 0.1) is 18.1 Å². The van der Waals surface area contributed by atoms with Gasteiger partial charge in [-0.3, -0.25) is 9.59 Å². The number of amides is 2. The SMILES string of the molecule is CCC1=NC(=O)NC(c2ccc(OC(=O)C(C)(C)C)cc2)C1C(=O)OCC1CCCCC1. The van der Waals surface area contributed by atoms with Gasteiger partial charge in [-0.25, -0.2) is 9.79 Å². The molecule has 1 N–H and O–H groups in total. The number of hydrogen-bond acceptors (Lipinski definition) is 5. The van der Waals surface area contributed by atoms with Gasteiger partial charge in [-0.2, -0.15) is 0 Å². The first-order valence-corrected chi connectivity index (χ1v) is 11.6. The summed E-state index contributed by atoms with van der Waals surface area (Å²) in [6, 6.07) is 5.82. The third-order valence-corrected chi connectivity index (χ3v) is 6.08. The van der Waals surface area contributed by atoms with Crippen LogP contribution in [0.2, 0.25) is 0 Å². The summed E-state index contributed by atoms with van der Waals surface area (Å²) in [4.78, 5) is 41.5. The van der Waals surface area contributed by atoms with Crippen molar-refractivity contribution in [3.8, 4) is 5.75 Å². The average molecular weight is 443 g/mol. The van der Waals surface area contributed by atoms with E-state index in [4.69, 9.17) is 9.47 Å². The maximum absolute atomic E-state index is 13.1. The van der Waals surface area contributed by atoms with Gasteiger partial charge in [0.2, 0.25) is 0 Å². The number of urea groups is 1. The summed E-state index contributed by atoms with van der Waals surface area (Å²) in [5.41, 5.74) is 0.639. The Bertz CT molecular complexity index is 863. The van der Waals surface area contributed by atoms with Crippen molar-refractivity contribution < 1.29 is 23.9 Å². The number of nitrogens with one attached hydrogen (secondary N) is 1. The van der Waals surface area contributed by atoms with Gasteiger partial charge in [0.25, 0.3) is 0 Å².